The third-order valence-electron chi connectivity index (χ3n) is 3.20. The Hall–Kier alpha value is -2.17. The number of carboxylic acids is 1. The number of aromatic nitrogens is 2. The summed E-state index contributed by atoms with van der Waals surface area (Å²) in [5, 5.41) is 9.11. The average molecular weight is 262 g/mol. The van der Waals surface area contributed by atoms with Gasteiger partial charge in [-0.05, 0) is 37.5 Å². The Labute approximate surface area is 110 Å². The van der Waals surface area contributed by atoms with Crippen molar-refractivity contribution in [3.63, 3.8) is 0 Å². The second-order valence-electron chi connectivity index (χ2n) is 4.44. The van der Waals surface area contributed by atoms with E-state index in [1.807, 2.05) is 0 Å². The van der Waals surface area contributed by atoms with E-state index in [2.05, 4.69) is 4.98 Å². The van der Waals surface area contributed by atoms with Crippen LogP contribution in [0.1, 0.15) is 27.6 Å². The van der Waals surface area contributed by atoms with Crippen molar-refractivity contribution in [2.24, 2.45) is 7.05 Å². The summed E-state index contributed by atoms with van der Waals surface area (Å²) in [6, 6.07) is 6.22. The van der Waals surface area contributed by atoms with Crippen molar-refractivity contribution >= 4 is 5.97 Å². The highest BCUT2D eigenvalue weighted by molar-refractivity contribution is 5.86. The predicted octanol–water partition coefficient (Wildman–Crippen LogP) is 2.35. The highest BCUT2D eigenvalue weighted by Crippen LogP contribution is 2.14. The van der Waals surface area contributed by atoms with Gasteiger partial charge in [-0.25, -0.2) is 14.2 Å². The minimum absolute atomic E-state index is 0.0992. The molecule has 1 aromatic heterocycles. The molecule has 19 heavy (non-hydrogen) atoms. The van der Waals surface area contributed by atoms with Gasteiger partial charge in [0.25, 0.3) is 0 Å². The monoisotopic (exact) mass is 262 g/mol. The van der Waals surface area contributed by atoms with Crippen molar-refractivity contribution in [3.05, 3.63) is 52.9 Å². The first-order chi connectivity index (χ1) is 8.99. The molecule has 0 spiro atoms. The maximum absolute atomic E-state index is 12.8. The summed E-state index contributed by atoms with van der Waals surface area (Å²) < 4.78 is 14.6. The number of hydrogen-bond donors (Lipinski definition) is 1. The quantitative estimate of drug-likeness (QED) is 0.920. The number of halogens is 1. The van der Waals surface area contributed by atoms with E-state index >= 15 is 0 Å². The number of rotatable bonds is 4. The Balaban J connectivity index is 2.19. The van der Waals surface area contributed by atoms with Crippen LogP contribution in [0.15, 0.2) is 24.3 Å². The van der Waals surface area contributed by atoms with Crippen LogP contribution in [-0.4, -0.2) is 20.6 Å². The Bertz CT molecular complexity index is 603. The number of benzene rings is 1. The first-order valence-electron chi connectivity index (χ1n) is 5.99. The molecule has 0 unspecified atom stereocenters. The van der Waals surface area contributed by atoms with Crippen molar-refractivity contribution in [1.82, 2.24) is 9.55 Å². The van der Waals surface area contributed by atoms with Gasteiger partial charge in [-0.15, -0.1) is 0 Å². The third-order valence-corrected chi connectivity index (χ3v) is 3.20. The Morgan fingerprint density at radius 1 is 1.32 bits per heavy atom. The fourth-order valence-corrected chi connectivity index (χ4v) is 2.03. The average Bonchev–Trinajstić information content (AvgIpc) is 2.66. The lowest BCUT2D eigenvalue weighted by molar-refractivity contribution is 0.0689. The number of hydrogen-bond acceptors (Lipinski definition) is 2. The van der Waals surface area contributed by atoms with Gasteiger partial charge in [-0.2, -0.15) is 0 Å². The van der Waals surface area contributed by atoms with Gasteiger partial charge in [0.15, 0.2) is 5.69 Å². The standard InChI is InChI=1S/C14H15FN2O2/c1-9-16-13(14(18)19)12(17(9)2)8-5-10-3-6-11(15)7-4-10/h3-4,6-7H,5,8H2,1-2H3,(H,18,19). The molecule has 4 nitrogen and oxygen atoms in total. The van der Waals surface area contributed by atoms with E-state index in [1.54, 1.807) is 30.7 Å². The molecule has 0 fully saturated rings. The van der Waals surface area contributed by atoms with E-state index in [0.29, 0.717) is 24.4 Å². The smallest absolute Gasteiger partial charge is 0.356 e. The summed E-state index contributed by atoms with van der Waals surface area (Å²) in [5.74, 6) is -0.615. The highest BCUT2D eigenvalue weighted by atomic mass is 19.1. The molecule has 1 N–H and O–H groups in total. The van der Waals surface area contributed by atoms with E-state index in [-0.39, 0.29) is 11.5 Å². The van der Waals surface area contributed by atoms with E-state index in [0.717, 1.165) is 5.56 Å². The first kappa shape index (κ1) is 13.3. The number of carboxylic acid groups (broad SMARTS) is 1. The minimum atomic E-state index is -1.02. The van der Waals surface area contributed by atoms with Gasteiger partial charge in [-0.1, -0.05) is 12.1 Å². The Morgan fingerprint density at radius 3 is 2.53 bits per heavy atom. The predicted molar refractivity (Wildman–Crippen MR) is 68.7 cm³/mol. The second kappa shape index (κ2) is 5.22. The van der Waals surface area contributed by atoms with Crippen LogP contribution in [0.5, 0.6) is 0 Å². The third kappa shape index (κ3) is 2.81. The highest BCUT2D eigenvalue weighted by Gasteiger charge is 2.17. The SMILES string of the molecule is Cc1nc(C(=O)O)c(CCc2ccc(F)cc2)n1C. The molecule has 1 heterocycles. The van der Waals surface area contributed by atoms with Crippen molar-refractivity contribution < 1.29 is 14.3 Å². The molecule has 0 aliphatic carbocycles. The van der Waals surface area contributed by atoms with Crippen molar-refractivity contribution in [2.75, 3.05) is 0 Å². The maximum Gasteiger partial charge on any atom is 0.356 e. The summed E-state index contributed by atoms with van der Waals surface area (Å²) in [6.07, 6.45) is 1.21. The molecule has 100 valence electrons. The summed E-state index contributed by atoms with van der Waals surface area (Å²) in [7, 11) is 1.80. The summed E-state index contributed by atoms with van der Waals surface area (Å²) in [5.41, 5.74) is 1.76. The zero-order chi connectivity index (χ0) is 14.0. The van der Waals surface area contributed by atoms with Gasteiger partial charge in [0.1, 0.15) is 11.6 Å². The molecule has 0 aliphatic heterocycles. The van der Waals surface area contributed by atoms with Crippen molar-refractivity contribution in [1.29, 1.82) is 0 Å². The lowest BCUT2D eigenvalue weighted by Gasteiger charge is -2.05. The van der Waals surface area contributed by atoms with Gasteiger partial charge >= 0.3 is 5.97 Å². The second-order valence-corrected chi connectivity index (χ2v) is 4.44. The van der Waals surface area contributed by atoms with Gasteiger partial charge < -0.3 is 9.67 Å². The van der Waals surface area contributed by atoms with Gasteiger partial charge in [0.05, 0.1) is 5.69 Å². The van der Waals surface area contributed by atoms with Crippen LogP contribution in [0, 0.1) is 12.7 Å². The number of carbonyl (C=O) groups is 1. The van der Waals surface area contributed by atoms with E-state index in [9.17, 15) is 9.18 Å². The van der Waals surface area contributed by atoms with Crippen LogP contribution < -0.4 is 0 Å². The summed E-state index contributed by atoms with van der Waals surface area (Å²) in [4.78, 5) is 15.2. The van der Waals surface area contributed by atoms with Crippen LogP contribution in [0.4, 0.5) is 4.39 Å². The normalized spacial score (nSPS) is 10.7. The molecule has 2 rings (SSSR count). The number of imidazole rings is 1. The zero-order valence-electron chi connectivity index (χ0n) is 10.9. The zero-order valence-corrected chi connectivity index (χ0v) is 10.9. The fraction of sp³-hybridized carbons (Fsp3) is 0.286. The number of nitrogens with zero attached hydrogens (tertiary/aromatic N) is 2. The van der Waals surface area contributed by atoms with Crippen molar-refractivity contribution in [2.45, 2.75) is 19.8 Å². The largest absolute Gasteiger partial charge is 0.476 e. The van der Waals surface area contributed by atoms with Gasteiger partial charge in [0, 0.05) is 7.05 Å². The van der Waals surface area contributed by atoms with Gasteiger partial charge in [-0.3, -0.25) is 0 Å². The van der Waals surface area contributed by atoms with Crippen LogP contribution in [-0.2, 0) is 19.9 Å². The molecular formula is C14H15FN2O2. The van der Waals surface area contributed by atoms with E-state index in [1.165, 1.54) is 12.1 Å². The number of aryl methyl sites for hydroxylation is 2. The summed E-state index contributed by atoms with van der Waals surface area (Å²) >= 11 is 0. The molecule has 0 amide bonds. The van der Waals surface area contributed by atoms with E-state index < -0.39 is 5.97 Å². The summed E-state index contributed by atoms with van der Waals surface area (Å²) in [6.45, 7) is 1.77. The molecule has 0 saturated carbocycles. The Morgan fingerprint density at radius 2 is 1.95 bits per heavy atom. The lowest BCUT2D eigenvalue weighted by atomic mass is 10.1. The molecule has 0 saturated heterocycles. The van der Waals surface area contributed by atoms with Crippen LogP contribution in [0.25, 0.3) is 0 Å². The molecule has 0 aliphatic rings. The molecular weight excluding hydrogens is 247 g/mol. The Kier molecular flexibility index (Phi) is 3.64. The molecule has 2 aromatic rings. The minimum Gasteiger partial charge on any atom is -0.476 e. The fourth-order valence-electron chi connectivity index (χ4n) is 2.03. The lowest BCUT2D eigenvalue weighted by Crippen LogP contribution is -2.06. The number of aromatic carboxylic acids is 1. The van der Waals surface area contributed by atoms with E-state index in [4.69, 9.17) is 5.11 Å². The van der Waals surface area contributed by atoms with Gasteiger partial charge in [0.2, 0.25) is 0 Å². The van der Waals surface area contributed by atoms with Crippen LogP contribution >= 0.6 is 0 Å². The topological polar surface area (TPSA) is 55.1 Å². The first-order valence-corrected chi connectivity index (χ1v) is 5.99. The molecule has 5 heteroatoms. The van der Waals surface area contributed by atoms with Crippen molar-refractivity contribution in [3.8, 4) is 0 Å². The van der Waals surface area contributed by atoms with Crippen LogP contribution in [0.3, 0.4) is 0 Å². The molecule has 0 atom stereocenters. The molecule has 0 bridgehead atoms. The molecule has 0 radical (unpaired) electrons. The molecule has 1 aromatic carbocycles. The maximum atomic E-state index is 12.8. The van der Waals surface area contributed by atoms with Crippen LogP contribution in [0.2, 0.25) is 0 Å².